The van der Waals surface area contributed by atoms with Crippen LogP contribution >= 0.6 is 0 Å². The highest BCUT2D eigenvalue weighted by Crippen LogP contribution is 2.22. The Morgan fingerprint density at radius 3 is 2.93 bits per heavy atom. The van der Waals surface area contributed by atoms with E-state index in [4.69, 9.17) is 0 Å². The zero-order valence-corrected chi connectivity index (χ0v) is 9.49. The quantitative estimate of drug-likeness (QED) is 0.750. The second-order valence-electron chi connectivity index (χ2n) is 4.45. The SMILES string of the molecule is CN(C)CCn1ccc2c1CCCC2=O. The van der Waals surface area contributed by atoms with Crippen molar-refractivity contribution < 1.29 is 4.79 Å². The van der Waals surface area contributed by atoms with E-state index < -0.39 is 0 Å². The van der Waals surface area contributed by atoms with Crippen LogP contribution in [-0.2, 0) is 13.0 Å². The third-order valence-electron chi connectivity index (χ3n) is 2.98. The molecule has 1 heterocycles. The van der Waals surface area contributed by atoms with Crippen molar-refractivity contribution in [3.05, 3.63) is 23.5 Å². The predicted octanol–water partition coefficient (Wildman–Crippen LogP) is 1.57. The summed E-state index contributed by atoms with van der Waals surface area (Å²) in [5, 5.41) is 0. The molecule has 1 aromatic heterocycles. The molecule has 0 fully saturated rings. The first-order valence-corrected chi connectivity index (χ1v) is 5.54. The molecule has 0 radical (unpaired) electrons. The molecule has 1 aliphatic rings. The Morgan fingerprint density at radius 1 is 1.40 bits per heavy atom. The summed E-state index contributed by atoms with van der Waals surface area (Å²) >= 11 is 0. The van der Waals surface area contributed by atoms with Crippen LogP contribution in [0.3, 0.4) is 0 Å². The van der Waals surface area contributed by atoms with Crippen molar-refractivity contribution >= 4 is 5.78 Å². The molecular formula is C12H18N2O. The Bertz CT molecular complexity index is 366. The van der Waals surface area contributed by atoms with E-state index >= 15 is 0 Å². The van der Waals surface area contributed by atoms with E-state index in [1.54, 1.807) is 0 Å². The summed E-state index contributed by atoms with van der Waals surface area (Å²) in [4.78, 5) is 13.8. The van der Waals surface area contributed by atoms with Crippen LogP contribution in [0.4, 0.5) is 0 Å². The molecular weight excluding hydrogens is 188 g/mol. The van der Waals surface area contributed by atoms with Crippen LogP contribution in [-0.4, -0.2) is 35.9 Å². The summed E-state index contributed by atoms with van der Waals surface area (Å²) in [5.74, 6) is 0.319. The van der Waals surface area contributed by atoms with Crippen LogP contribution in [0.2, 0.25) is 0 Å². The lowest BCUT2D eigenvalue weighted by Gasteiger charge is -2.16. The molecule has 0 bridgehead atoms. The van der Waals surface area contributed by atoms with Crippen LogP contribution in [0.1, 0.15) is 28.9 Å². The second-order valence-corrected chi connectivity index (χ2v) is 4.45. The number of nitrogens with zero attached hydrogens (tertiary/aromatic N) is 2. The summed E-state index contributed by atoms with van der Waals surface area (Å²) < 4.78 is 2.23. The van der Waals surface area contributed by atoms with Gasteiger partial charge in [0, 0.05) is 37.0 Å². The Kier molecular flexibility index (Phi) is 2.91. The average molecular weight is 206 g/mol. The third kappa shape index (κ3) is 2.12. The Labute approximate surface area is 90.7 Å². The number of carbonyl (C=O) groups is 1. The Hall–Kier alpha value is -1.09. The Morgan fingerprint density at radius 2 is 2.20 bits per heavy atom. The van der Waals surface area contributed by atoms with Gasteiger partial charge in [-0.25, -0.2) is 0 Å². The molecule has 1 aromatic rings. The number of aromatic nitrogens is 1. The normalized spacial score (nSPS) is 15.8. The smallest absolute Gasteiger partial charge is 0.164 e. The number of rotatable bonds is 3. The lowest BCUT2D eigenvalue weighted by Crippen LogP contribution is -2.20. The molecule has 0 atom stereocenters. The summed E-state index contributed by atoms with van der Waals surface area (Å²) in [7, 11) is 4.14. The average Bonchev–Trinajstić information content (AvgIpc) is 2.59. The number of hydrogen-bond donors (Lipinski definition) is 0. The van der Waals surface area contributed by atoms with Gasteiger partial charge in [-0.3, -0.25) is 4.79 Å². The van der Waals surface area contributed by atoms with Crippen molar-refractivity contribution in [1.29, 1.82) is 0 Å². The van der Waals surface area contributed by atoms with Gasteiger partial charge in [-0.1, -0.05) is 0 Å². The molecule has 3 nitrogen and oxygen atoms in total. The molecule has 0 saturated carbocycles. The molecule has 82 valence electrons. The number of fused-ring (bicyclic) bond motifs is 1. The summed E-state index contributed by atoms with van der Waals surface area (Å²) in [6.07, 6.45) is 4.85. The van der Waals surface area contributed by atoms with E-state index in [1.165, 1.54) is 5.69 Å². The minimum atomic E-state index is 0.319. The van der Waals surface area contributed by atoms with E-state index in [0.29, 0.717) is 5.78 Å². The van der Waals surface area contributed by atoms with Crippen molar-refractivity contribution in [3.63, 3.8) is 0 Å². The number of likely N-dealkylation sites (N-methyl/N-ethyl adjacent to an activating group) is 1. The molecule has 0 amide bonds. The second kappa shape index (κ2) is 4.19. The number of ketones is 1. The molecule has 2 rings (SSSR count). The van der Waals surface area contributed by atoms with Crippen LogP contribution in [0.25, 0.3) is 0 Å². The van der Waals surface area contributed by atoms with Crippen LogP contribution in [0, 0.1) is 0 Å². The number of Topliss-reactive ketones (excluding diaryl/α,β-unsaturated/α-hetero) is 1. The van der Waals surface area contributed by atoms with Gasteiger partial charge in [0.25, 0.3) is 0 Å². The fourth-order valence-corrected chi connectivity index (χ4v) is 2.11. The molecule has 1 aliphatic carbocycles. The van der Waals surface area contributed by atoms with Gasteiger partial charge >= 0.3 is 0 Å². The highest BCUT2D eigenvalue weighted by molar-refractivity contribution is 5.98. The van der Waals surface area contributed by atoms with Crippen molar-refractivity contribution in [2.24, 2.45) is 0 Å². The molecule has 0 aromatic carbocycles. The molecule has 0 aliphatic heterocycles. The van der Waals surface area contributed by atoms with E-state index in [-0.39, 0.29) is 0 Å². The van der Waals surface area contributed by atoms with Crippen molar-refractivity contribution in [1.82, 2.24) is 9.47 Å². The van der Waals surface area contributed by atoms with Gasteiger partial charge in [0.15, 0.2) is 5.78 Å². The maximum Gasteiger partial charge on any atom is 0.164 e. The molecule has 0 unspecified atom stereocenters. The Balaban J connectivity index is 2.16. The van der Waals surface area contributed by atoms with Gasteiger partial charge in [0.2, 0.25) is 0 Å². The fourth-order valence-electron chi connectivity index (χ4n) is 2.11. The molecule has 0 saturated heterocycles. The van der Waals surface area contributed by atoms with Crippen LogP contribution < -0.4 is 0 Å². The molecule has 15 heavy (non-hydrogen) atoms. The van der Waals surface area contributed by atoms with E-state index in [1.807, 2.05) is 6.07 Å². The van der Waals surface area contributed by atoms with Crippen molar-refractivity contribution in [3.8, 4) is 0 Å². The first-order chi connectivity index (χ1) is 7.18. The minimum absolute atomic E-state index is 0.319. The summed E-state index contributed by atoms with van der Waals surface area (Å²) in [6.45, 7) is 2.00. The highest BCUT2D eigenvalue weighted by atomic mass is 16.1. The number of carbonyl (C=O) groups excluding carboxylic acids is 1. The highest BCUT2D eigenvalue weighted by Gasteiger charge is 2.19. The zero-order chi connectivity index (χ0) is 10.8. The van der Waals surface area contributed by atoms with Crippen LogP contribution in [0.5, 0.6) is 0 Å². The molecule has 0 N–H and O–H groups in total. The first kappa shape index (κ1) is 10.4. The van der Waals surface area contributed by atoms with Gasteiger partial charge < -0.3 is 9.47 Å². The van der Waals surface area contributed by atoms with E-state index in [0.717, 1.165) is 37.9 Å². The topological polar surface area (TPSA) is 25.2 Å². The van der Waals surface area contributed by atoms with E-state index in [2.05, 4.69) is 29.8 Å². The standard InChI is InChI=1S/C12H18N2O/c1-13(2)8-9-14-7-6-10-11(14)4-3-5-12(10)15/h6-7H,3-5,8-9H2,1-2H3. The monoisotopic (exact) mass is 206 g/mol. The fraction of sp³-hybridized carbons (Fsp3) is 0.583. The first-order valence-electron chi connectivity index (χ1n) is 5.54. The summed E-state index contributed by atoms with van der Waals surface area (Å²) in [6, 6.07) is 1.98. The largest absolute Gasteiger partial charge is 0.349 e. The van der Waals surface area contributed by atoms with Crippen LogP contribution in [0.15, 0.2) is 12.3 Å². The lowest BCUT2D eigenvalue weighted by atomic mass is 9.97. The maximum atomic E-state index is 11.6. The maximum absolute atomic E-state index is 11.6. The molecule has 0 spiro atoms. The van der Waals surface area contributed by atoms with Gasteiger partial charge in [0.1, 0.15) is 0 Å². The van der Waals surface area contributed by atoms with Crippen molar-refractivity contribution in [2.45, 2.75) is 25.8 Å². The van der Waals surface area contributed by atoms with Gasteiger partial charge in [0.05, 0.1) is 0 Å². The minimum Gasteiger partial charge on any atom is -0.349 e. The van der Waals surface area contributed by atoms with E-state index in [9.17, 15) is 4.79 Å². The number of hydrogen-bond acceptors (Lipinski definition) is 2. The van der Waals surface area contributed by atoms with Gasteiger partial charge in [-0.05, 0) is 33.0 Å². The third-order valence-corrected chi connectivity index (χ3v) is 2.98. The summed E-state index contributed by atoms with van der Waals surface area (Å²) in [5.41, 5.74) is 2.20. The van der Waals surface area contributed by atoms with Crippen molar-refractivity contribution in [2.75, 3.05) is 20.6 Å². The van der Waals surface area contributed by atoms with Gasteiger partial charge in [-0.15, -0.1) is 0 Å². The predicted molar refractivity (Wildman–Crippen MR) is 60.3 cm³/mol. The molecule has 3 heteroatoms. The zero-order valence-electron chi connectivity index (χ0n) is 9.49. The van der Waals surface area contributed by atoms with Gasteiger partial charge in [-0.2, -0.15) is 0 Å². The lowest BCUT2D eigenvalue weighted by molar-refractivity contribution is 0.0971.